The molecule has 4 rings (SSSR count). The molecule has 336 valence electrons. The van der Waals surface area contributed by atoms with Crippen LogP contribution in [0.15, 0.2) is 24.3 Å². The van der Waals surface area contributed by atoms with Crippen LogP contribution < -0.4 is 4.74 Å². The Kier molecular flexibility index (Phi) is 20.8. The lowest BCUT2D eigenvalue weighted by Crippen LogP contribution is -2.32. The quantitative estimate of drug-likeness (QED) is 0.0608. The van der Waals surface area contributed by atoms with E-state index < -0.39 is 10.8 Å². The summed E-state index contributed by atoms with van der Waals surface area (Å²) in [7, 11) is 0. The molecule has 2 N–H and O–H groups in total. The molecule has 3 fully saturated rings. The van der Waals surface area contributed by atoms with E-state index in [2.05, 4.69) is 32.6 Å². The largest absolute Gasteiger partial charge is 0.493 e. The third-order valence-electron chi connectivity index (χ3n) is 14.7. The molecule has 3 saturated carbocycles. The van der Waals surface area contributed by atoms with Gasteiger partial charge in [0.15, 0.2) is 0 Å². The second-order valence-corrected chi connectivity index (χ2v) is 20.4. The Morgan fingerprint density at radius 3 is 1.66 bits per heavy atom. The van der Waals surface area contributed by atoms with Crippen LogP contribution in [0.25, 0.3) is 0 Å². The summed E-state index contributed by atoms with van der Waals surface area (Å²) in [6, 6.07) is 4.71. The molecule has 0 unspecified atom stereocenters. The molecule has 1 aromatic carbocycles. The molecular weight excluding hydrogens is 737 g/mol. The van der Waals surface area contributed by atoms with E-state index in [-0.39, 0.29) is 25.2 Å². The molecule has 0 spiro atoms. The lowest BCUT2D eigenvalue weighted by Gasteiger charge is -2.41. The van der Waals surface area contributed by atoms with Gasteiger partial charge in [-0.05, 0) is 183 Å². The van der Waals surface area contributed by atoms with Crippen molar-refractivity contribution in [3.05, 3.63) is 41.0 Å². The Morgan fingerprint density at radius 2 is 1.19 bits per heavy atom. The van der Waals surface area contributed by atoms with Gasteiger partial charge in [-0.15, -0.1) is 0 Å². The highest BCUT2D eigenvalue weighted by molar-refractivity contribution is 5.86. The summed E-state index contributed by atoms with van der Waals surface area (Å²) in [5.74, 6) is 5.44. The van der Waals surface area contributed by atoms with Crippen molar-refractivity contribution >= 4 is 11.9 Å². The van der Waals surface area contributed by atoms with Crippen LogP contribution in [0, 0.1) is 40.4 Å². The maximum Gasteiger partial charge on any atom is 0.333 e. The first-order valence-corrected chi connectivity index (χ1v) is 24.3. The number of hydrogen-bond donors (Lipinski definition) is 2. The number of aryl methyl sites for hydroxylation is 2. The van der Waals surface area contributed by atoms with Crippen LogP contribution in [0.4, 0.5) is 0 Å². The summed E-state index contributed by atoms with van der Waals surface area (Å²) < 4.78 is 17.9. The van der Waals surface area contributed by atoms with Gasteiger partial charge in [0, 0.05) is 11.0 Å². The molecule has 59 heavy (non-hydrogen) atoms. The predicted molar refractivity (Wildman–Crippen MR) is 241 cm³/mol. The zero-order valence-corrected chi connectivity index (χ0v) is 38.6. The fourth-order valence-electron chi connectivity index (χ4n) is 10.8. The Balaban J connectivity index is 1.45. The van der Waals surface area contributed by atoms with Crippen molar-refractivity contribution in [2.24, 2.45) is 40.4 Å². The third-order valence-corrected chi connectivity index (χ3v) is 14.7. The molecule has 0 radical (unpaired) electrons. The minimum Gasteiger partial charge on any atom is -0.493 e. The Bertz CT molecular complexity index is 1400. The normalized spacial score (nSPS) is 24.1. The first-order chi connectivity index (χ1) is 28.3. The van der Waals surface area contributed by atoms with E-state index in [1.54, 1.807) is 6.92 Å². The Hall–Kier alpha value is -2.38. The average Bonchev–Trinajstić information content (AvgIpc) is 3.24. The van der Waals surface area contributed by atoms with Crippen molar-refractivity contribution in [3.8, 4) is 5.75 Å². The highest BCUT2D eigenvalue weighted by Gasteiger charge is 2.35. The van der Waals surface area contributed by atoms with E-state index in [9.17, 15) is 19.8 Å². The van der Waals surface area contributed by atoms with Gasteiger partial charge < -0.3 is 24.4 Å². The standard InChI is InChI=1S/C52H86O7/c1-8-10-11-14-39-17-19-40(20-18-39)41-21-23-42(24-22-41)43-25-27-44(28-26-43)47-34-45(15-12-31-58-49(55)38(3)4)48(57-33-30-52(36-53,37-54)29-9-2)46(35-47)16-13-32-59-50(56)51(5,6)7/h34-35,39-44,53-54H,3,8-33,36-37H2,1-2,4-7H3. The number of carbonyl (C=O) groups excluding carboxylic acids is 2. The van der Waals surface area contributed by atoms with E-state index in [0.29, 0.717) is 63.4 Å². The van der Waals surface area contributed by atoms with Gasteiger partial charge in [0.25, 0.3) is 0 Å². The molecule has 0 aromatic heterocycles. The van der Waals surface area contributed by atoms with Crippen LogP contribution in [0.5, 0.6) is 5.75 Å². The monoisotopic (exact) mass is 823 g/mol. The second-order valence-electron chi connectivity index (χ2n) is 20.4. The van der Waals surface area contributed by atoms with E-state index in [1.165, 1.54) is 108 Å². The first kappa shape index (κ1) is 49.3. The zero-order valence-electron chi connectivity index (χ0n) is 38.6. The predicted octanol–water partition coefficient (Wildman–Crippen LogP) is 12.3. The van der Waals surface area contributed by atoms with Crippen LogP contribution in [-0.4, -0.2) is 55.2 Å². The minimum absolute atomic E-state index is 0.0865. The smallest absolute Gasteiger partial charge is 0.333 e. The third kappa shape index (κ3) is 15.5. The van der Waals surface area contributed by atoms with Gasteiger partial charge in [-0.1, -0.05) is 77.5 Å². The van der Waals surface area contributed by atoms with Gasteiger partial charge in [0.05, 0.1) is 38.4 Å². The highest BCUT2D eigenvalue weighted by Crippen LogP contribution is 2.48. The maximum absolute atomic E-state index is 12.6. The van der Waals surface area contributed by atoms with Gasteiger partial charge in [0.1, 0.15) is 5.75 Å². The molecule has 0 bridgehead atoms. The fraction of sp³-hybridized carbons (Fsp3) is 0.808. The number of benzene rings is 1. The molecule has 7 nitrogen and oxygen atoms in total. The average molecular weight is 823 g/mol. The van der Waals surface area contributed by atoms with Gasteiger partial charge >= 0.3 is 11.9 Å². The van der Waals surface area contributed by atoms with Crippen LogP contribution >= 0.6 is 0 Å². The number of carbonyl (C=O) groups is 2. The summed E-state index contributed by atoms with van der Waals surface area (Å²) in [5.41, 5.74) is 2.86. The van der Waals surface area contributed by atoms with E-state index in [0.717, 1.165) is 59.3 Å². The Labute approximate surface area is 360 Å². The lowest BCUT2D eigenvalue weighted by molar-refractivity contribution is -0.153. The number of rotatable bonds is 24. The number of hydrogen-bond acceptors (Lipinski definition) is 7. The summed E-state index contributed by atoms with van der Waals surface area (Å²) >= 11 is 0. The van der Waals surface area contributed by atoms with Crippen molar-refractivity contribution in [2.75, 3.05) is 33.0 Å². The van der Waals surface area contributed by atoms with Gasteiger partial charge in [-0.25, -0.2) is 4.79 Å². The molecule has 1 aromatic rings. The molecule has 3 aliphatic carbocycles. The molecule has 0 saturated heterocycles. The van der Waals surface area contributed by atoms with Crippen molar-refractivity contribution in [1.82, 2.24) is 0 Å². The summed E-state index contributed by atoms with van der Waals surface area (Å²) in [5, 5.41) is 20.5. The summed E-state index contributed by atoms with van der Waals surface area (Å²) in [6.45, 7) is 16.3. The number of ether oxygens (including phenoxy) is 3. The SMILES string of the molecule is C=C(C)C(=O)OCCCc1cc(C2CCC(C3CCC(C4CCC(CCCCC)CC4)CC3)CC2)cc(CCCOC(=O)C(C)(C)C)c1OCCC(CO)(CO)CCC. The van der Waals surface area contributed by atoms with Crippen molar-refractivity contribution < 1.29 is 34.0 Å². The molecule has 3 aliphatic rings. The number of unbranched alkanes of at least 4 members (excludes halogenated alkanes) is 2. The number of aliphatic hydroxyl groups is 2. The molecular formula is C52H86O7. The minimum atomic E-state index is -0.585. The van der Waals surface area contributed by atoms with E-state index in [1.807, 2.05) is 20.8 Å². The zero-order chi connectivity index (χ0) is 42.8. The van der Waals surface area contributed by atoms with Gasteiger partial charge in [0.2, 0.25) is 0 Å². The van der Waals surface area contributed by atoms with Crippen molar-refractivity contribution in [2.45, 2.75) is 195 Å². The molecule has 0 heterocycles. The Morgan fingerprint density at radius 1 is 0.678 bits per heavy atom. The first-order valence-electron chi connectivity index (χ1n) is 24.3. The van der Waals surface area contributed by atoms with Gasteiger partial charge in [-0.2, -0.15) is 0 Å². The van der Waals surface area contributed by atoms with Gasteiger partial charge in [-0.3, -0.25) is 4.79 Å². The summed E-state index contributed by atoms with van der Waals surface area (Å²) in [6.07, 6.45) is 27.2. The summed E-state index contributed by atoms with van der Waals surface area (Å²) in [4.78, 5) is 24.8. The van der Waals surface area contributed by atoms with Crippen LogP contribution in [0.1, 0.15) is 199 Å². The maximum atomic E-state index is 12.6. The van der Waals surface area contributed by atoms with Crippen LogP contribution in [0.2, 0.25) is 0 Å². The molecule has 0 aliphatic heterocycles. The van der Waals surface area contributed by atoms with Crippen LogP contribution in [0.3, 0.4) is 0 Å². The van der Waals surface area contributed by atoms with E-state index >= 15 is 0 Å². The lowest BCUT2D eigenvalue weighted by atomic mass is 9.64. The van der Waals surface area contributed by atoms with Crippen molar-refractivity contribution in [1.29, 1.82) is 0 Å². The molecule has 7 heteroatoms. The van der Waals surface area contributed by atoms with Crippen LogP contribution in [-0.2, 0) is 31.9 Å². The van der Waals surface area contributed by atoms with Crippen molar-refractivity contribution in [3.63, 3.8) is 0 Å². The number of esters is 2. The molecule has 0 atom stereocenters. The topological polar surface area (TPSA) is 102 Å². The second kappa shape index (κ2) is 24.9. The molecule has 0 amide bonds. The highest BCUT2D eigenvalue weighted by atomic mass is 16.5. The number of aliphatic hydroxyl groups excluding tert-OH is 2. The fourth-order valence-corrected chi connectivity index (χ4v) is 10.8. The van der Waals surface area contributed by atoms with E-state index in [4.69, 9.17) is 14.2 Å².